The largest absolute Gasteiger partial charge is 0.0654 e. The summed E-state index contributed by atoms with van der Waals surface area (Å²) in [6.45, 7) is 9.55. The van der Waals surface area contributed by atoms with E-state index in [4.69, 9.17) is 0 Å². The van der Waals surface area contributed by atoms with Crippen LogP contribution in [0.5, 0.6) is 0 Å². The van der Waals surface area contributed by atoms with Crippen LogP contribution in [-0.2, 0) is 0 Å². The quantitative estimate of drug-likeness (QED) is 0.591. The minimum absolute atomic E-state index is 0.698. The Labute approximate surface area is 77.7 Å². The molecule has 0 bridgehead atoms. The van der Waals surface area contributed by atoms with Crippen molar-refractivity contribution in [2.75, 3.05) is 0 Å². The number of hydrogen-bond acceptors (Lipinski definition) is 0. The van der Waals surface area contributed by atoms with E-state index in [1.54, 1.807) is 0 Å². The molecule has 0 heteroatoms. The smallest absolute Gasteiger partial charge is 0.0323 e. The molecule has 0 aromatic carbocycles. The first-order valence-corrected chi connectivity index (χ1v) is 5.57. The summed E-state index contributed by atoms with van der Waals surface area (Å²) in [5.74, 6) is 1.92. The van der Waals surface area contributed by atoms with E-state index in [9.17, 15) is 0 Å². The highest BCUT2D eigenvalue weighted by molar-refractivity contribution is 4.86. The fraction of sp³-hybridized carbons (Fsp3) is 1.00. The lowest BCUT2D eigenvalue weighted by atomic mass is 9.82. The summed E-state index contributed by atoms with van der Waals surface area (Å²) in [7, 11) is 0. The van der Waals surface area contributed by atoms with Gasteiger partial charge in [0.05, 0.1) is 0 Å². The van der Waals surface area contributed by atoms with E-state index in [0.717, 1.165) is 11.8 Å². The average molecular weight is 168 g/mol. The molecule has 12 heavy (non-hydrogen) atoms. The van der Waals surface area contributed by atoms with E-state index < -0.39 is 0 Å². The third kappa shape index (κ3) is 2.24. The Bertz CT molecular complexity index is 137. The van der Waals surface area contributed by atoms with Crippen LogP contribution in [0.15, 0.2) is 0 Å². The molecule has 0 aliphatic heterocycles. The van der Waals surface area contributed by atoms with Crippen LogP contribution in [0.25, 0.3) is 0 Å². The molecule has 0 N–H and O–H groups in total. The Kier molecular flexibility index (Phi) is 3.20. The Morgan fingerprint density at radius 2 is 2.08 bits per heavy atom. The van der Waals surface area contributed by atoms with Crippen molar-refractivity contribution in [2.45, 2.75) is 59.8 Å². The van der Waals surface area contributed by atoms with Crippen molar-refractivity contribution in [2.24, 2.45) is 17.3 Å². The zero-order valence-electron chi connectivity index (χ0n) is 9.19. The number of rotatable bonds is 3. The minimum Gasteiger partial charge on any atom is -0.0654 e. The van der Waals surface area contributed by atoms with Gasteiger partial charge in [-0.05, 0) is 42.9 Å². The van der Waals surface area contributed by atoms with E-state index in [2.05, 4.69) is 27.7 Å². The van der Waals surface area contributed by atoms with Crippen LogP contribution in [0, 0.1) is 17.3 Å². The second kappa shape index (κ2) is 3.81. The van der Waals surface area contributed by atoms with Gasteiger partial charge in [0.15, 0.2) is 0 Å². The van der Waals surface area contributed by atoms with Gasteiger partial charge in [-0.2, -0.15) is 0 Å². The molecule has 1 aliphatic carbocycles. The molecule has 1 rings (SSSR count). The van der Waals surface area contributed by atoms with Gasteiger partial charge in [0.25, 0.3) is 0 Å². The van der Waals surface area contributed by atoms with Crippen LogP contribution in [0.4, 0.5) is 0 Å². The molecule has 0 aromatic rings. The molecule has 1 fully saturated rings. The monoisotopic (exact) mass is 168 g/mol. The average Bonchev–Trinajstić information content (AvgIpc) is 2.33. The standard InChI is InChI=1S/C12H24/c1-5-7-12(4)8-6-11(9-12)10(2)3/h10-11H,5-9H2,1-4H3. The molecule has 0 spiro atoms. The summed E-state index contributed by atoms with van der Waals surface area (Å²) in [6, 6.07) is 0. The van der Waals surface area contributed by atoms with Crippen molar-refractivity contribution in [3.63, 3.8) is 0 Å². The summed E-state index contributed by atoms with van der Waals surface area (Å²) in [5.41, 5.74) is 0.698. The lowest BCUT2D eigenvalue weighted by Crippen LogP contribution is -2.12. The van der Waals surface area contributed by atoms with Gasteiger partial charge in [-0.1, -0.05) is 34.1 Å². The van der Waals surface area contributed by atoms with Gasteiger partial charge in [0.2, 0.25) is 0 Å². The van der Waals surface area contributed by atoms with Gasteiger partial charge in [0.1, 0.15) is 0 Å². The SMILES string of the molecule is CCCC1(C)CCC(C(C)C)C1. The molecule has 0 heterocycles. The van der Waals surface area contributed by atoms with E-state index >= 15 is 0 Å². The van der Waals surface area contributed by atoms with Crippen LogP contribution < -0.4 is 0 Å². The molecule has 0 radical (unpaired) electrons. The van der Waals surface area contributed by atoms with Gasteiger partial charge in [0, 0.05) is 0 Å². The van der Waals surface area contributed by atoms with Crippen molar-refractivity contribution in [3.8, 4) is 0 Å². The van der Waals surface area contributed by atoms with Gasteiger partial charge in [-0.3, -0.25) is 0 Å². The summed E-state index contributed by atoms with van der Waals surface area (Å²) in [4.78, 5) is 0. The van der Waals surface area contributed by atoms with Crippen molar-refractivity contribution in [1.29, 1.82) is 0 Å². The molecule has 0 amide bonds. The van der Waals surface area contributed by atoms with Gasteiger partial charge in [-0.25, -0.2) is 0 Å². The Hall–Kier alpha value is 0. The highest BCUT2D eigenvalue weighted by Crippen LogP contribution is 2.47. The van der Waals surface area contributed by atoms with E-state index in [1.165, 1.54) is 32.1 Å². The summed E-state index contributed by atoms with van der Waals surface area (Å²) < 4.78 is 0. The molecular formula is C12H24. The maximum Gasteiger partial charge on any atom is -0.0323 e. The van der Waals surface area contributed by atoms with Crippen LogP contribution in [-0.4, -0.2) is 0 Å². The third-order valence-corrected chi connectivity index (χ3v) is 3.67. The summed E-state index contributed by atoms with van der Waals surface area (Å²) >= 11 is 0. The van der Waals surface area contributed by atoms with Crippen LogP contribution >= 0.6 is 0 Å². The highest BCUT2D eigenvalue weighted by Gasteiger charge is 2.35. The first kappa shape index (κ1) is 10.1. The Morgan fingerprint density at radius 1 is 1.42 bits per heavy atom. The zero-order valence-corrected chi connectivity index (χ0v) is 9.19. The van der Waals surface area contributed by atoms with Crippen molar-refractivity contribution >= 4 is 0 Å². The molecule has 1 saturated carbocycles. The molecule has 0 nitrogen and oxygen atoms in total. The molecule has 72 valence electrons. The van der Waals surface area contributed by atoms with Crippen molar-refractivity contribution in [1.82, 2.24) is 0 Å². The predicted octanol–water partition coefficient (Wildman–Crippen LogP) is 4.25. The highest BCUT2D eigenvalue weighted by atomic mass is 14.4. The van der Waals surface area contributed by atoms with Crippen LogP contribution in [0.3, 0.4) is 0 Å². The first-order chi connectivity index (χ1) is 5.57. The van der Waals surface area contributed by atoms with Gasteiger partial charge in [-0.15, -0.1) is 0 Å². The molecule has 2 atom stereocenters. The maximum atomic E-state index is 2.49. The van der Waals surface area contributed by atoms with Crippen LogP contribution in [0.1, 0.15) is 59.8 Å². The van der Waals surface area contributed by atoms with Crippen LogP contribution in [0.2, 0.25) is 0 Å². The minimum atomic E-state index is 0.698. The van der Waals surface area contributed by atoms with Crippen molar-refractivity contribution < 1.29 is 0 Å². The lowest BCUT2D eigenvalue weighted by Gasteiger charge is -2.24. The first-order valence-electron chi connectivity index (χ1n) is 5.57. The van der Waals surface area contributed by atoms with E-state index in [0.29, 0.717) is 5.41 Å². The van der Waals surface area contributed by atoms with Crippen molar-refractivity contribution in [3.05, 3.63) is 0 Å². The molecule has 1 aliphatic rings. The van der Waals surface area contributed by atoms with Gasteiger partial charge < -0.3 is 0 Å². The topological polar surface area (TPSA) is 0 Å². The molecule has 2 unspecified atom stereocenters. The maximum absolute atomic E-state index is 2.49. The second-order valence-corrected chi connectivity index (χ2v) is 5.31. The fourth-order valence-corrected chi connectivity index (χ4v) is 2.77. The molecule has 0 aromatic heterocycles. The van der Waals surface area contributed by atoms with E-state index in [-0.39, 0.29) is 0 Å². The predicted molar refractivity (Wildman–Crippen MR) is 55.2 cm³/mol. The third-order valence-electron chi connectivity index (χ3n) is 3.67. The summed E-state index contributed by atoms with van der Waals surface area (Å²) in [6.07, 6.45) is 7.24. The number of hydrogen-bond donors (Lipinski definition) is 0. The van der Waals surface area contributed by atoms with E-state index in [1.807, 2.05) is 0 Å². The second-order valence-electron chi connectivity index (χ2n) is 5.31. The van der Waals surface area contributed by atoms with Gasteiger partial charge >= 0.3 is 0 Å². The zero-order chi connectivity index (χ0) is 9.19. The fourth-order valence-electron chi connectivity index (χ4n) is 2.77. The summed E-state index contributed by atoms with van der Waals surface area (Å²) in [5, 5.41) is 0. The molecule has 0 saturated heterocycles. The Morgan fingerprint density at radius 3 is 2.50 bits per heavy atom. The Balaban J connectivity index is 2.43. The normalized spacial score (nSPS) is 36.2. The lowest BCUT2D eigenvalue weighted by molar-refractivity contribution is 0.272. The molecular weight excluding hydrogens is 144 g/mol.